The van der Waals surface area contributed by atoms with Gasteiger partial charge in [0.15, 0.2) is 0 Å². The molecule has 6 heteroatoms. The summed E-state index contributed by atoms with van der Waals surface area (Å²) >= 11 is 0. The molecule has 146 valence electrons. The zero-order valence-corrected chi connectivity index (χ0v) is 16.5. The van der Waals surface area contributed by atoms with E-state index in [1.54, 1.807) is 24.3 Å². The Morgan fingerprint density at radius 2 is 1.67 bits per heavy atom. The third-order valence-corrected chi connectivity index (χ3v) is 6.24. The van der Waals surface area contributed by atoms with Gasteiger partial charge in [-0.1, -0.05) is 32.9 Å². The molecule has 0 bridgehead atoms. The van der Waals surface area contributed by atoms with Crippen molar-refractivity contribution in [2.24, 2.45) is 11.3 Å². The van der Waals surface area contributed by atoms with E-state index >= 15 is 0 Å². The summed E-state index contributed by atoms with van der Waals surface area (Å²) < 4.78 is 4.82. The highest BCUT2D eigenvalue weighted by Gasteiger charge is 2.47. The number of carbonyl (C=O) groups is 3. The number of hydrogen-bond donors (Lipinski definition) is 1. The van der Waals surface area contributed by atoms with E-state index in [1.165, 1.54) is 12.0 Å². The van der Waals surface area contributed by atoms with Crippen LogP contribution in [0.25, 0.3) is 0 Å². The van der Waals surface area contributed by atoms with Crippen LogP contribution in [0.1, 0.15) is 67.2 Å². The second kappa shape index (κ2) is 6.98. The molecular formula is C21H28N2O4. The summed E-state index contributed by atoms with van der Waals surface area (Å²) in [6, 6.07) is 6.98. The second-order valence-electron chi connectivity index (χ2n) is 8.66. The highest BCUT2D eigenvalue weighted by molar-refractivity contribution is 6.21. The summed E-state index contributed by atoms with van der Waals surface area (Å²) in [5, 5.41) is 3.06. The van der Waals surface area contributed by atoms with Crippen molar-refractivity contribution < 1.29 is 19.1 Å². The van der Waals surface area contributed by atoms with Crippen molar-refractivity contribution in [2.75, 3.05) is 13.7 Å². The van der Waals surface area contributed by atoms with Gasteiger partial charge in [-0.3, -0.25) is 14.5 Å². The molecule has 0 unspecified atom stereocenters. The van der Waals surface area contributed by atoms with Gasteiger partial charge in [-0.25, -0.2) is 4.79 Å². The fourth-order valence-electron chi connectivity index (χ4n) is 4.33. The molecule has 1 aromatic rings. The van der Waals surface area contributed by atoms with Gasteiger partial charge in [-0.05, 0) is 49.1 Å². The molecule has 1 fully saturated rings. The first-order valence-electron chi connectivity index (χ1n) is 9.50. The number of nitrogens with zero attached hydrogens (tertiary/aromatic N) is 1. The molecule has 0 spiro atoms. The van der Waals surface area contributed by atoms with Gasteiger partial charge in [0.25, 0.3) is 11.8 Å². The predicted molar refractivity (Wildman–Crippen MR) is 101 cm³/mol. The summed E-state index contributed by atoms with van der Waals surface area (Å²) in [5.74, 6) is -0.158. The van der Waals surface area contributed by atoms with Crippen LogP contribution in [0.15, 0.2) is 24.3 Å². The standard InChI is InChI=1S/C21H28N2O4/c1-20(2,3)21(22-19(26)27-4)11-9-14(10-12-21)13-23-17(24)15-7-5-6-8-16(15)18(23)25/h5-8,14H,9-13H2,1-4H3,(H,22,26). The second-order valence-corrected chi connectivity index (χ2v) is 8.66. The van der Waals surface area contributed by atoms with Crippen molar-refractivity contribution >= 4 is 17.9 Å². The molecule has 1 aliphatic carbocycles. The van der Waals surface area contributed by atoms with E-state index in [0.29, 0.717) is 17.7 Å². The highest BCUT2D eigenvalue weighted by Crippen LogP contribution is 2.44. The van der Waals surface area contributed by atoms with Crippen LogP contribution in [0.5, 0.6) is 0 Å². The summed E-state index contributed by atoms with van der Waals surface area (Å²) in [6.45, 7) is 6.79. The zero-order valence-electron chi connectivity index (χ0n) is 16.5. The third-order valence-electron chi connectivity index (χ3n) is 6.24. The lowest BCUT2D eigenvalue weighted by Gasteiger charge is -2.49. The molecule has 27 heavy (non-hydrogen) atoms. The number of nitrogens with one attached hydrogen (secondary N) is 1. The Hall–Kier alpha value is -2.37. The van der Waals surface area contributed by atoms with Gasteiger partial charge >= 0.3 is 6.09 Å². The average molecular weight is 372 g/mol. The summed E-state index contributed by atoms with van der Waals surface area (Å²) in [7, 11) is 1.37. The largest absolute Gasteiger partial charge is 0.453 e. The molecule has 1 aromatic carbocycles. The number of imide groups is 1. The van der Waals surface area contributed by atoms with Gasteiger partial charge in [0.05, 0.1) is 18.2 Å². The number of ether oxygens (including phenoxy) is 1. The smallest absolute Gasteiger partial charge is 0.407 e. The van der Waals surface area contributed by atoms with E-state index in [9.17, 15) is 14.4 Å². The Morgan fingerprint density at radius 3 is 2.11 bits per heavy atom. The van der Waals surface area contributed by atoms with Crippen LogP contribution >= 0.6 is 0 Å². The van der Waals surface area contributed by atoms with Crippen LogP contribution in [0.4, 0.5) is 4.79 Å². The SMILES string of the molecule is COC(=O)NC1(C(C)(C)C)CCC(CN2C(=O)c3ccccc3C2=O)CC1. The lowest BCUT2D eigenvalue weighted by molar-refractivity contribution is 0.0474. The molecule has 1 saturated carbocycles. The van der Waals surface area contributed by atoms with E-state index in [2.05, 4.69) is 26.1 Å². The number of alkyl carbamates (subject to hydrolysis) is 1. The van der Waals surface area contributed by atoms with Gasteiger partial charge < -0.3 is 10.1 Å². The molecular weight excluding hydrogens is 344 g/mol. The molecule has 1 aliphatic heterocycles. The van der Waals surface area contributed by atoms with E-state index in [-0.39, 0.29) is 28.7 Å². The maximum absolute atomic E-state index is 12.6. The van der Waals surface area contributed by atoms with Gasteiger partial charge in [0.1, 0.15) is 0 Å². The van der Waals surface area contributed by atoms with Crippen molar-refractivity contribution in [2.45, 2.75) is 52.0 Å². The molecule has 2 aliphatic rings. The first kappa shape index (κ1) is 19.4. The topological polar surface area (TPSA) is 75.7 Å². The van der Waals surface area contributed by atoms with Crippen LogP contribution in [0, 0.1) is 11.3 Å². The number of rotatable bonds is 3. The molecule has 1 heterocycles. The average Bonchev–Trinajstić information content (AvgIpc) is 2.87. The Bertz CT molecular complexity index is 723. The van der Waals surface area contributed by atoms with Crippen molar-refractivity contribution in [3.63, 3.8) is 0 Å². The van der Waals surface area contributed by atoms with Crippen LogP contribution in [0.3, 0.4) is 0 Å². The van der Waals surface area contributed by atoms with Crippen LogP contribution in [0.2, 0.25) is 0 Å². The minimum absolute atomic E-state index is 0.123. The normalized spacial score (nSPS) is 25.3. The van der Waals surface area contributed by atoms with E-state index < -0.39 is 6.09 Å². The van der Waals surface area contributed by atoms with E-state index in [4.69, 9.17) is 4.74 Å². The fourth-order valence-corrected chi connectivity index (χ4v) is 4.33. The molecule has 0 atom stereocenters. The number of hydrogen-bond acceptors (Lipinski definition) is 4. The summed E-state index contributed by atoms with van der Waals surface area (Å²) in [4.78, 5) is 38.4. The van der Waals surface area contributed by atoms with Crippen molar-refractivity contribution in [1.29, 1.82) is 0 Å². The highest BCUT2D eigenvalue weighted by atomic mass is 16.5. The molecule has 3 amide bonds. The first-order chi connectivity index (χ1) is 12.7. The van der Waals surface area contributed by atoms with Crippen LogP contribution < -0.4 is 5.32 Å². The van der Waals surface area contributed by atoms with E-state index in [1.807, 2.05) is 0 Å². The number of benzene rings is 1. The van der Waals surface area contributed by atoms with Gasteiger partial charge in [0.2, 0.25) is 0 Å². The summed E-state index contributed by atoms with van der Waals surface area (Å²) in [6.07, 6.45) is 2.85. The quantitative estimate of drug-likeness (QED) is 0.823. The maximum atomic E-state index is 12.6. The van der Waals surface area contributed by atoms with Crippen molar-refractivity contribution in [1.82, 2.24) is 10.2 Å². The van der Waals surface area contributed by atoms with Gasteiger partial charge in [-0.2, -0.15) is 0 Å². The van der Waals surface area contributed by atoms with Crippen LogP contribution in [-0.4, -0.2) is 42.0 Å². The predicted octanol–water partition coefficient (Wildman–Crippen LogP) is 3.61. The minimum Gasteiger partial charge on any atom is -0.453 e. The molecule has 1 N–H and O–H groups in total. The van der Waals surface area contributed by atoms with Crippen molar-refractivity contribution in [3.05, 3.63) is 35.4 Å². The van der Waals surface area contributed by atoms with Gasteiger partial charge in [-0.15, -0.1) is 0 Å². The Balaban J connectivity index is 1.68. The molecule has 3 rings (SSSR count). The summed E-state index contributed by atoms with van der Waals surface area (Å²) in [5.41, 5.74) is 0.518. The molecule has 6 nitrogen and oxygen atoms in total. The van der Waals surface area contributed by atoms with Crippen LogP contribution in [-0.2, 0) is 4.74 Å². The zero-order chi connectivity index (χ0) is 19.8. The first-order valence-corrected chi connectivity index (χ1v) is 9.50. The Kier molecular flexibility index (Phi) is 5.02. The molecule has 0 saturated heterocycles. The number of amides is 3. The fraction of sp³-hybridized carbons (Fsp3) is 0.571. The van der Waals surface area contributed by atoms with Gasteiger partial charge in [0, 0.05) is 12.1 Å². The Morgan fingerprint density at radius 1 is 1.15 bits per heavy atom. The monoisotopic (exact) mass is 372 g/mol. The Labute approximate surface area is 160 Å². The van der Waals surface area contributed by atoms with E-state index in [0.717, 1.165) is 25.7 Å². The minimum atomic E-state index is -0.413. The molecule has 0 aromatic heterocycles. The number of fused-ring (bicyclic) bond motifs is 1. The lowest BCUT2D eigenvalue weighted by atomic mass is 9.63. The lowest BCUT2D eigenvalue weighted by Crippen LogP contribution is -2.59. The number of carbonyl (C=O) groups excluding carboxylic acids is 3. The third kappa shape index (κ3) is 3.45. The maximum Gasteiger partial charge on any atom is 0.407 e. The molecule has 0 radical (unpaired) electrons. The number of methoxy groups -OCH3 is 1. The van der Waals surface area contributed by atoms with Crippen molar-refractivity contribution in [3.8, 4) is 0 Å².